The molecule has 1 saturated heterocycles. The maximum Gasteiger partial charge on any atom is 0.276 e. The Morgan fingerprint density at radius 3 is 2.79 bits per heavy atom. The highest BCUT2D eigenvalue weighted by Gasteiger charge is 2.52. The van der Waals surface area contributed by atoms with Gasteiger partial charge in [0, 0.05) is 30.6 Å². The summed E-state index contributed by atoms with van der Waals surface area (Å²) < 4.78 is 11.3. The summed E-state index contributed by atoms with van der Waals surface area (Å²) in [5.41, 5.74) is 1.71. The normalized spacial score (nSPS) is 23.0. The molecule has 5 rings (SSSR count). The number of aliphatic hydroxyl groups excluding tert-OH is 1. The lowest BCUT2D eigenvalue weighted by Crippen LogP contribution is -2.42. The van der Waals surface area contributed by atoms with E-state index in [9.17, 15) is 9.90 Å². The summed E-state index contributed by atoms with van der Waals surface area (Å²) in [6.45, 7) is 1.30. The van der Waals surface area contributed by atoms with Crippen LogP contribution in [0.5, 0.6) is 5.75 Å². The molecule has 0 aliphatic carbocycles. The molecule has 28 heavy (non-hydrogen) atoms. The van der Waals surface area contributed by atoms with Gasteiger partial charge in [-0.15, -0.1) is 0 Å². The first-order valence-electron chi connectivity index (χ1n) is 9.34. The number of ether oxygens (including phenoxy) is 1. The average Bonchev–Trinajstić information content (AvgIpc) is 3.40. The molecule has 0 radical (unpaired) electrons. The smallest absolute Gasteiger partial charge is 0.276 e. The summed E-state index contributed by atoms with van der Waals surface area (Å²) in [5.74, 6) is 1.24. The Morgan fingerprint density at radius 2 is 1.96 bits per heavy atom. The zero-order valence-electron chi connectivity index (χ0n) is 15.2. The molecule has 6 nitrogen and oxygen atoms in total. The number of rotatable bonds is 3. The van der Waals surface area contributed by atoms with Crippen LogP contribution in [0.15, 0.2) is 65.2 Å². The minimum atomic E-state index is -0.490. The fraction of sp³-hybridized carbons (Fsp3) is 0.273. The summed E-state index contributed by atoms with van der Waals surface area (Å²) in [5, 5.41) is 14.1. The van der Waals surface area contributed by atoms with Crippen molar-refractivity contribution in [3.8, 4) is 17.1 Å². The first kappa shape index (κ1) is 17.0. The lowest BCUT2D eigenvalue weighted by molar-refractivity contribution is 0.0438. The van der Waals surface area contributed by atoms with Crippen molar-refractivity contribution < 1.29 is 19.2 Å². The molecule has 1 aromatic heterocycles. The van der Waals surface area contributed by atoms with Gasteiger partial charge in [0.25, 0.3) is 5.91 Å². The molecule has 0 saturated carbocycles. The van der Waals surface area contributed by atoms with Gasteiger partial charge in [-0.3, -0.25) is 4.79 Å². The number of hydrogen-bond acceptors (Lipinski definition) is 5. The van der Waals surface area contributed by atoms with Crippen LogP contribution in [0.3, 0.4) is 0 Å². The minimum absolute atomic E-state index is 0.0342. The first-order valence-corrected chi connectivity index (χ1v) is 9.34. The molecular weight excluding hydrogens is 356 g/mol. The van der Waals surface area contributed by atoms with Gasteiger partial charge < -0.3 is 19.3 Å². The van der Waals surface area contributed by atoms with E-state index < -0.39 is 5.41 Å². The quantitative estimate of drug-likeness (QED) is 0.761. The maximum atomic E-state index is 13.1. The van der Waals surface area contributed by atoms with Gasteiger partial charge in [-0.25, -0.2) is 0 Å². The Kier molecular flexibility index (Phi) is 3.94. The van der Waals surface area contributed by atoms with Crippen LogP contribution < -0.4 is 4.74 Å². The van der Waals surface area contributed by atoms with Gasteiger partial charge in [0.2, 0.25) is 0 Å². The lowest BCUT2D eigenvalue weighted by Gasteiger charge is -2.37. The van der Waals surface area contributed by atoms with Gasteiger partial charge in [0.15, 0.2) is 11.5 Å². The Morgan fingerprint density at radius 1 is 1.18 bits per heavy atom. The van der Waals surface area contributed by atoms with Crippen molar-refractivity contribution in [3.63, 3.8) is 0 Å². The van der Waals surface area contributed by atoms with Gasteiger partial charge in [0.1, 0.15) is 5.75 Å². The number of para-hydroxylation sites is 1. The van der Waals surface area contributed by atoms with Crippen molar-refractivity contribution in [1.82, 2.24) is 10.1 Å². The van der Waals surface area contributed by atoms with Crippen molar-refractivity contribution in [2.75, 3.05) is 26.3 Å². The van der Waals surface area contributed by atoms with E-state index in [-0.39, 0.29) is 24.1 Å². The Hall–Kier alpha value is -3.12. The highest BCUT2D eigenvalue weighted by molar-refractivity contribution is 5.93. The van der Waals surface area contributed by atoms with E-state index in [1.165, 1.54) is 0 Å². The molecule has 2 aliphatic heterocycles. The maximum absolute atomic E-state index is 13.1. The van der Waals surface area contributed by atoms with E-state index in [0.717, 1.165) is 16.9 Å². The third kappa shape index (κ3) is 2.60. The molecular formula is C22H20N2O4. The van der Waals surface area contributed by atoms with Crippen LogP contribution in [-0.4, -0.2) is 47.4 Å². The van der Waals surface area contributed by atoms with Crippen LogP contribution in [0, 0.1) is 5.41 Å². The van der Waals surface area contributed by atoms with Crippen LogP contribution in [0.1, 0.15) is 22.0 Å². The van der Waals surface area contributed by atoms with E-state index in [2.05, 4.69) is 5.16 Å². The highest BCUT2D eigenvalue weighted by Crippen LogP contribution is 2.49. The zero-order chi connectivity index (χ0) is 19.1. The molecule has 1 N–H and O–H groups in total. The number of carbonyl (C=O) groups excluding carboxylic acids is 1. The minimum Gasteiger partial charge on any atom is -0.493 e. The van der Waals surface area contributed by atoms with Crippen LogP contribution in [0.2, 0.25) is 0 Å². The molecule has 2 aliphatic rings. The number of benzene rings is 2. The van der Waals surface area contributed by atoms with E-state index in [1.54, 1.807) is 11.0 Å². The first-order chi connectivity index (χ1) is 13.7. The van der Waals surface area contributed by atoms with E-state index in [1.807, 2.05) is 54.6 Å². The molecule has 3 heterocycles. The molecule has 0 bridgehead atoms. The summed E-state index contributed by atoms with van der Waals surface area (Å²) in [7, 11) is 0. The zero-order valence-corrected chi connectivity index (χ0v) is 15.2. The predicted octanol–water partition coefficient (Wildman–Crippen LogP) is 2.95. The SMILES string of the molecule is O=C(c1cc(-c2ccccc2)on1)N1C[C@@H]2c3ccccc3OC[C@]2(CO)C1. The van der Waals surface area contributed by atoms with E-state index in [4.69, 9.17) is 9.26 Å². The highest BCUT2D eigenvalue weighted by atomic mass is 16.5. The Labute approximate surface area is 162 Å². The van der Waals surface area contributed by atoms with Gasteiger partial charge in [-0.05, 0) is 11.6 Å². The van der Waals surface area contributed by atoms with E-state index >= 15 is 0 Å². The fourth-order valence-corrected chi connectivity index (χ4v) is 4.30. The number of fused-ring (bicyclic) bond motifs is 3. The van der Waals surface area contributed by atoms with E-state index in [0.29, 0.717) is 25.5 Å². The number of likely N-dealkylation sites (tertiary alicyclic amines) is 1. The molecule has 3 aromatic rings. The molecule has 6 heteroatoms. The number of carbonyl (C=O) groups is 1. The molecule has 1 fully saturated rings. The van der Waals surface area contributed by atoms with Crippen molar-refractivity contribution in [1.29, 1.82) is 0 Å². The van der Waals surface area contributed by atoms with Gasteiger partial charge in [-0.1, -0.05) is 53.7 Å². The van der Waals surface area contributed by atoms with Crippen molar-refractivity contribution >= 4 is 5.91 Å². The second kappa shape index (κ2) is 6.49. The fourth-order valence-electron chi connectivity index (χ4n) is 4.30. The Bertz CT molecular complexity index is 1020. The van der Waals surface area contributed by atoms with Crippen LogP contribution in [0.4, 0.5) is 0 Å². The second-order valence-electron chi connectivity index (χ2n) is 7.53. The monoisotopic (exact) mass is 376 g/mol. The number of hydrogen-bond donors (Lipinski definition) is 1. The third-order valence-corrected chi connectivity index (χ3v) is 5.85. The summed E-state index contributed by atoms with van der Waals surface area (Å²) in [6.07, 6.45) is 0. The second-order valence-corrected chi connectivity index (χ2v) is 7.53. The molecule has 0 unspecified atom stereocenters. The van der Waals surface area contributed by atoms with Crippen molar-refractivity contribution in [2.45, 2.75) is 5.92 Å². The number of aromatic nitrogens is 1. The van der Waals surface area contributed by atoms with Crippen LogP contribution >= 0.6 is 0 Å². The van der Waals surface area contributed by atoms with Gasteiger partial charge in [-0.2, -0.15) is 0 Å². The topological polar surface area (TPSA) is 75.8 Å². The molecule has 142 valence electrons. The number of amides is 1. The van der Waals surface area contributed by atoms with Crippen molar-refractivity contribution in [2.24, 2.45) is 5.41 Å². The van der Waals surface area contributed by atoms with Gasteiger partial charge in [0.05, 0.1) is 18.6 Å². The van der Waals surface area contributed by atoms with Crippen LogP contribution in [0.25, 0.3) is 11.3 Å². The largest absolute Gasteiger partial charge is 0.493 e. The summed E-state index contributed by atoms with van der Waals surface area (Å²) in [4.78, 5) is 14.8. The Balaban J connectivity index is 1.43. The summed E-state index contributed by atoms with van der Waals surface area (Å²) >= 11 is 0. The predicted molar refractivity (Wildman–Crippen MR) is 102 cm³/mol. The molecule has 1 amide bonds. The molecule has 0 spiro atoms. The standard InChI is InChI=1S/C22H20N2O4/c25-13-22-12-24(11-17(22)16-8-4-5-9-19(16)27-14-22)21(26)18-10-20(28-23-18)15-6-2-1-3-7-15/h1-10,17,25H,11-14H2/t17-,22-/m1/s1. The van der Waals surface area contributed by atoms with Crippen LogP contribution in [-0.2, 0) is 0 Å². The third-order valence-electron chi connectivity index (χ3n) is 5.85. The number of aliphatic hydroxyl groups is 1. The average molecular weight is 376 g/mol. The molecule has 2 atom stereocenters. The van der Waals surface area contributed by atoms with Gasteiger partial charge >= 0.3 is 0 Å². The lowest BCUT2D eigenvalue weighted by atomic mass is 9.74. The molecule has 2 aromatic carbocycles. The number of nitrogens with zero attached hydrogens (tertiary/aromatic N) is 2. The summed E-state index contributed by atoms with van der Waals surface area (Å²) in [6, 6.07) is 19.1. The van der Waals surface area contributed by atoms with Crippen molar-refractivity contribution in [3.05, 3.63) is 71.9 Å².